The molecule has 1 N–H and O–H groups in total. The number of carbonyl (C=O) groups excluding carboxylic acids is 2. The number of benzene rings is 1. The molecule has 0 spiro atoms. The van der Waals surface area contributed by atoms with Crippen LogP contribution in [-0.2, 0) is 0 Å². The number of fused-ring (bicyclic) bond motifs is 1. The molecule has 0 atom stereocenters. The monoisotopic (exact) mass is 273 g/mol. The van der Waals surface area contributed by atoms with Gasteiger partial charge in [-0.15, -0.1) is 0 Å². The van der Waals surface area contributed by atoms with Crippen LogP contribution in [0.5, 0.6) is 0 Å². The lowest BCUT2D eigenvalue weighted by Crippen LogP contribution is -2.35. The number of nitrogens with zero attached hydrogens (tertiary/aromatic N) is 1. The van der Waals surface area contributed by atoms with Crippen molar-refractivity contribution in [2.75, 3.05) is 6.54 Å². The summed E-state index contributed by atoms with van der Waals surface area (Å²) >= 11 is 0. The highest BCUT2D eigenvalue weighted by atomic mass is 16.4. The van der Waals surface area contributed by atoms with Gasteiger partial charge in [0, 0.05) is 6.54 Å². The van der Waals surface area contributed by atoms with E-state index in [9.17, 15) is 14.4 Å². The first-order valence-corrected chi connectivity index (χ1v) is 6.71. The highest BCUT2D eigenvalue weighted by Crippen LogP contribution is 2.49. The van der Waals surface area contributed by atoms with Crippen LogP contribution < -0.4 is 0 Å². The summed E-state index contributed by atoms with van der Waals surface area (Å²) in [7, 11) is 0. The second-order valence-electron chi connectivity index (χ2n) is 5.62. The number of rotatable bonds is 4. The Bertz CT molecular complexity index is 631. The van der Waals surface area contributed by atoms with E-state index >= 15 is 0 Å². The van der Waals surface area contributed by atoms with Crippen molar-refractivity contribution < 1.29 is 19.5 Å². The molecule has 1 aromatic rings. The molecule has 5 heteroatoms. The molecule has 3 rings (SSSR count). The van der Waals surface area contributed by atoms with Gasteiger partial charge in [-0.2, -0.15) is 0 Å². The smallest absolute Gasteiger partial charge is 0.335 e. The minimum absolute atomic E-state index is 0.0309. The van der Waals surface area contributed by atoms with Crippen LogP contribution in [0.15, 0.2) is 18.2 Å². The summed E-state index contributed by atoms with van der Waals surface area (Å²) in [5.74, 6) is -1.77. The van der Waals surface area contributed by atoms with Crippen molar-refractivity contribution in [2.24, 2.45) is 5.41 Å². The van der Waals surface area contributed by atoms with Crippen LogP contribution in [0.4, 0.5) is 0 Å². The minimum Gasteiger partial charge on any atom is -0.478 e. The summed E-state index contributed by atoms with van der Waals surface area (Å²) in [6, 6.07) is 4.09. The number of aromatic carboxylic acids is 1. The Hall–Kier alpha value is -2.17. The van der Waals surface area contributed by atoms with Crippen molar-refractivity contribution in [3.05, 3.63) is 34.9 Å². The van der Waals surface area contributed by atoms with Crippen LogP contribution in [0.2, 0.25) is 0 Å². The van der Waals surface area contributed by atoms with Gasteiger partial charge < -0.3 is 5.11 Å². The van der Waals surface area contributed by atoms with E-state index in [1.54, 1.807) is 0 Å². The van der Waals surface area contributed by atoms with Gasteiger partial charge in [-0.1, -0.05) is 6.92 Å². The number of imide groups is 1. The highest BCUT2D eigenvalue weighted by Gasteiger charge is 2.47. The van der Waals surface area contributed by atoms with E-state index in [4.69, 9.17) is 5.11 Å². The third-order valence-electron chi connectivity index (χ3n) is 4.42. The summed E-state index contributed by atoms with van der Waals surface area (Å²) in [6.45, 7) is 2.51. The van der Waals surface area contributed by atoms with Gasteiger partial charge in [-0.3, -0.25) is 14.5 Å². The Morgan fingerprint density at radius 2 is 1.90 bits per heavy atom. The van der Waals surface area contributed by atoms with Gasteiger partial charge in [0.15, 0.2) is 0 Å². The first kappa shape index (κ1) is 12.8. The largest absolute Gasteiger partial charge is 0.478 e. The molecule has 0 radical (unpaired) electrons. The lowest BCUT2D eigenvalue weighted by Gasteiger charge is -2.20. The van der Waals surface area contributed by atoms with E-state index in [2.05, 4.69) is 6.92 Å². The van der Waals surface area contributed by atoms with Gasteiger partial charge in [0.05, 0.1) is 16.7 Å². The lowest BCUT2D eigenvalue weighted by molar-refractivity contribution is 0.0617. The predicted octanol–water partition coefficient (Wildman–Crippen LogP) is 2.17. The fraction of sp³-hybridized carbons (Fsp3) is 0.400. The van der Waals surface area contributed by atoms with E-state index in [-0.39, 0.29) is 28.4 Å². The highest BCUT2D eigenvalue weighted by molar-refractivity contribution is 6.22. The van der Waals surface area contributed by atoms with Crippen LogP contribution in [-0.4, -0.2) is 34.3 Å². The molecule has 0 bridgehead atoms. The van der Waals surface area contributed by atoms with Gasteiger partial charge in [0.2, 0.25) is 0 Å². The van der Waals surface area contributed by atoms with Crippen LogP contribution in [0.1, 0.15) is 57.3 Å². The zero-order chi connectivity index (χ0) is 14.5. The molecule has 104 valence electrons. The molecule has 1 aliphatic heterocycles. The van der Waals surface area contributed by atoms with Gasteiger partial charge >= 0.3 is 5.97 Å². The maximum Gasteiger partial charge on any atom is 0.335 e. The summed E-state index contributed by atoms with van der Waals surface area (Å²) < 4.78 is 0. The standard InChI is InChI=1S/C15H15NO4/c1-2-15(5-6-15)8-16-12(17)10-4-3-9(14(19)20)7-11(10)13(16)18/h3-4,7H,2,5-6,8H2,1H3,(H,19,20). The fourth-order valence-corrected chi connectivity index (χ4v) is 2.70. The van der Waals surface area contributed by atoms with Crippen LogP contribution in [0.3, 0.4) is 0 Å². The molecule has 2 aliphatic rings. The molecule has 1 heterocycles. The molecule has 1 aliphatic carbocycles. The third-order valence-corrected chi connectivity index (χ3v) is 4.42. The van der Waals surface area contributed by atoms with Gasteiger partial charge in [0.25, 0.3) is 11.8 Å². The quantitative estimate of drug-likeness (QED) is 0.853. The Balaban J connectivity index is 1.93. The SMILES string of the molecule is CCC1(CN2C(=O)c3ccc(C(=O)O)cc3C2=O)CC1. The van der Waals surface area contributed by atoms with Crippen molar-refractivity contribution in [1.29, 1.82) is 0 Å². The van der Waals surface area contributed by atoms with E-state index in [0.717, 1.165) is 19.3 Å². The van der Waals surface area contributed by atoms with E-state index in [1.807, 2.05) is 0 Å². The summed E-state index contributed by atoms with van der Waals surface area (Å²) in [5, 5.41) is 8.96. The van der Waals surface area contributed by atoms with E-state index in [0.29, 0.717) is 12.1 Å². The molecule has 2 amide bonds. The van der Waals surface area contributed by atoms with Crippen molar-refractivity contribution >= 4 is 17.8 Å². The second kappa shape index (κ2) is 4.16. The number of hydrogen-bond donors (Lipinski definition) is 1. The number of carboxylic acids is 1. The molecule has 0 unspecified atom stereocenters. The number of hydrogen-bond acceptors (Lipinski definition) is 3. The first-order valence-electron chi connectivity index (χ1n) is 6.71. The predicted molar refractivity (Wildman–Crippen MR) is 70.7 cm³/mol. The van der Waals surface area contributed by atoms with Crippen molar-refractivity contribution in [3.8, 4) is 0 Å². The number of carbonyl (C=O) groups is 3. The number of carboxylic acid groups (broad SMARTS) is 1. The first-order chi connectivity index (χ1) is 9.47. The van der Waals surface area contributed by atoms with Crippen LogP contribution in [0.25, 0.3) is 0 Å². The molecular formula is C15H15NO4. The molecular weight excluding hydrogens is 258 g/mol. The average molecular weight is 273 g/mol. The Morgan fingerprint density at radius 1 is 1.25 bits per heavy atom. The average Bonchev–Trinajstić information content (AvgIpc) is 3.18. The van der Waals surface area contributed by atoms with Gasteiger partial charge in [-0.25, -0.2) is 4.79 Å². The lowest BCUT2D eigenvalue weighted by atomic mass is 10.0. The molecule has 5 nitrogen and oxygen atoms in total. The van der Waals surface area contributed by atoms with E-state index in [1.165, 1.54) is 23.1 Å². The Kier molecular flexibility index (Phi) is 2.67. The molecule has 20 heavy (non-hydrogen) atoms. The molecule has 1 saturated carbocycles. The third kappa shape index (κ3) is 1.81. The van der Waals surface area contributed by atoms with Crippen molar-refractivity contribution in [2.45, 2.75) is 26.2 Å². The van der Waals surface area contributed by atoms with E-state index < -0.39 is 5.97 Å². The van der Waals surface area contributed by atoms with Crippen molar-refractivity contribution in [1.82, 2.24) is 4.90 Å². The summed E-state index contributed by atoms with van der Waals surface area (Å²) in [4.78, 5) is 36.8. The molecule has 1 fully saturated rings. The van der Waals surface area contributed by atoms with Crippen LogP contribution >= 0.6 is 0 Å². The number of amides is 2. The van der Waals surface area contributed by atoms with Gasteiger partial charge in [0.1, 0.15) is 0 Å². The zero-order valence-corrected chi connectivity index (χ0v) is 11.2. The Morgan fingerprint density at radius 3 is 2.45 bits per heavy atom. The summed E-state index contributed by atoms with van der Waals surface area (Å²) in [5.41, 5.74) is 0.639. The normalized spacial score (nSPS) is 19.1. The second-order valence-corrected chi connectivity index (χ2v) is 5.62. The zero-order valence-electron chi connectivity index (χ0n) is 11.2. The maximum absolute atomic E-state index is 12.3. The molecule has 1 aromatic carbocycles. The minimum atomic E-state index is -1.10. The maximum atomic E-state index is 12.3. The molecule has 0 saturated heterocycles. The van der Waals surface area contributed by atoms with Crippen LogP contribution in [0, 0.1) is 5.41 Å². The fourth-order valence-electron chi connectivity index (χ4n) is 2.70. The summed E-state index contributed by atoms with van der Waals surface area (Å²) in [6.07, 6.45) is 3.02. The Labute approximate surface area is 116 Å². The topological polar surface area (TPSA) is 74.7 Å². The van der Waals surface area contributed by atoms with Gasteiger partial charge in [-0.05, 0) is 42.9 Å². The molecule has 0 aromatic heterocycles. The van der Waals surface area contributed by atoms with Crippen molar-refractivity contribution in [3.63, 3.8) is 0 Å².